The second kappa shape index (κ2) is 18.5. The molecule has 0 bridgehead atoms. The Bertz CT molecular complexity index is 165. The van der Waals surface area contributed by atoms with E-state index in [1.165, 1.54) is 0 Å². The molecule has 0 rings (SSSR count). The molecule has 5 N–H and O–H groups in total. The maximum absolute atomic E-state index is 5.11. The molecule has 0 radical (unpaired) electrons. The molecule has 0 saturated carbocycles. The van der Waals surface area contributed by atoms with Gasteiger partial charge >= 0.3 is 49.6 Å². The second-order valence-corrected chi connectivity index (χ2v) is 29.3. The fourth-order valence-electron chi connectivity index (χ4n) is 0.644. The predicted molar refractivity (Wildman–Crippen MR) is 96.7 cm³/mol. The van der Waals surface area contributed by atoms with Crippen LogP contribution in [0, 0.1) is 0 Å². The van der Waals surface area contributed by atoms with E-state index in [0.29, 0.717) is 0 Å². The van der Waals surface area contributed by atoms with E-state index in [2.05, 4.69) is 28.6 Å². The first-order chi connectivity index (χ1) is 8.58. The molecular weight excluding hydrogens is 477 g/mol. The molecule has 11 heteroatoms. The Kier molecular flexibility index (Phi) is 25.8. The molecule has 1 unspecified atom stereocenters. The summed E-state index contributed by atoms with van der Waals surface area (Å²) in [6, 6.07) is 0. The molecule has 0 aromatic carbocycles. The molecule has 0 aliphatic carbocycles. The van der Waals surface area contributed by atoms with Gasteiger partial charge in [-0.1, -0.05) is 31.8 Å². The summed E-state index contributed by atoms with van der Waals surface area (Å²) < 4.78 is 0. The van der Waals surface area contributed by atoms with Crippen molar-refractivity contribution in [3.8, 4) is 0 Å². The zero-order valence-corrected chi connectivity index (χ0v) is 18.7. The maximum atomic E-state index is 5.11. The topological polar surface area (TPSA) is 62.1 Å². The molecule has 0 fully saturated rings. The Morgan fingerprint density at radius 2 is 1.16 bits per heavy atom. The van der Waals surface area contributed by atoms with Crippen LogP contribution >= 0.6 is 35.7 Å². The molecule has 0 heterocycles. The molecular formula is C8H22Cl4N4S2Sn-2. The summed E-state index contributed by atoms with van der Waals surface area (Å²) in [7, 11) is 20.1. The van der Waals surface area contributed by atoms with Gasteiger partial charge in [0.15, 0.2) is 0 Å². The zero-order chi connectivity index (χ0) is 15.9. The first-order valence-electron chi connectivity index (χ1n) is 5.61. The monoisotopic (exact) mass is 498 g/mol. The van der Waals surface area contributed by atoms with E-state index >= 15 is 0 Å². The Labute approximate surface area is 146 Å². The first-order valence-corrected chi connectivity index (χ1v) is 21.0. The van der Waals surface area contributed by atoms with E-state index in [1.807, 2.05) is 20.8 Å². The van der Waals surface area contributed by atoms with Crippen LogP contribution in [0.1, 0.15) is 20.8 Å². The Balaban J connectivity index is -0.000000209. The van der Waals surface area contributed by atoms with Gasteiger partial charge in [0, 0.05) is 0 Å². The molecule has 0 spiro atoms. The van der Waals surface area contributed by atoms with Gasteiger partial charge in [0.05, 0.1) is 0 Å². The minimum atomic E-state index is -3.29. The van der Waals surface area contributed by atoms with Gasteiger partial charge in [-0.3, -0.25) is 0 Å². The van der Waals surface area contributed by atoms with E-state index in [4.69, 9.17) is 54.0 Å². The summed E-state index contributed by atoms with van der Waals surface area (Å²) in [6.45, 7) is 8.76. The van der Waals surface area contributed by atoms with Crippen LogP contribution in [0.15, 0.2) is 0 Å². The van der Waals surface area contributed by atoms with Gasteiger partial charge < -0.3 is 46.9 Å². The minimum absolute atomic E-state index is 0.0463. The molecule has 0 aliphatic rings. The van der Waals surface area contributed by atoms with Crippen LogP contribution in [0.5, 0.6) is 0 Å². The molecule has 0 amide bonds. The van der Waals surface area contributed by atoms with Gasteiger partial charge in [0.1, 0.15) is 0 Å². The molecule has 0 aromatic rings. The Hall–Kier alpha value is 2.50. The quantitative estimate of drug-likeness (QED) is 0.254. The second-order valence-electron chi connectivity index (χ2n) is 2.90. The van der Waals surface area contributed by atoms with Gasteiger partial charge in [-0.2, -0.15) is 0 Å². The fourth-order valence-corrected chi connectivity index (χ4v) is 1.14. The van der Waals surface area contributed by atoms with Crippen LogP contribution in [0.3, 0.4) is 0 Å². The first kappa shape index (κ1) is 26.4. The van der Waals surface area contributed by atoms with Crippen molar-refractivity contribution in [3.63, 3.8) is 0 Å². The van der Waals surface area contributed by atoms with Crippen molar-refractivity contribution in [2.45, 2.75) is 31.8 Å². The van der Waals surface area contributed by atoms with Gasteiger partial charge in [-0.25, -0.2) is 0 Å². The van der Waals surface area contributed by atoms with E-state index < -0.39 is 13.9 Å². The number of hydrogen-bond donors (Lipinski definition) is 4. The number of nitrogens with one attached hydrogen (secondary N) is 3. The molecule has 0 aromatic heterocycles. The molecule has 4 nitrogen and oxygen atoms in total. The normalized spacial score (nSPS) is 12.2. The third-order valence-corrected chi connectivity index (χ3v) is 1.68. The SMILES string of the molecule is CCNC(N)[S-].CCNC([S-])NCC.[Cl][Sn]([Cl])([Cl])[Cl]. The van der Waals surface area contributed by atoms with Crippen molar-refractivity contribution in [2.24, 2.45) is 5.73 Å². The van der Waals surface area contributed by atoms with Crippen molar-refractivity contribution < 1.29 is 0 Å². The van der Waals surface area contributed by atoms with Gasteiger partial charge in [0.25, 0.3) is 0 Å². The van der Waals surface area contributed by atoms with Crippen molar-refractivity contribution in [3.05, 3.63) is 0 Å². The third kappa shape index (κ3) is 53.1. The molecule has 1 atom stereocenters. The summed E-state index contributed by atoms with van der Waals surface area (Å²) in [5.41, 5.74) is 4.88. The number of hydrogen-bond acceptors (Lipinski definition) is 6. The summed E-state index contributed by atoms with van der Waals surface area (Å²) >= 11 is 6.17. The third-order valence-electron chi connectivity index (χ3n) is 1.18. The fraction of sp³-hybridized carbons (Fsp3) is 1.00. The number of halogens is 4. The summed E-state index contributed by atoms with van der Waals surface area (Å²) in [6.07, 6.45) is 0. The Morgan fingerprint density at radius 1 is 0.895 bits per heavy atom. The van der Waals surface area contributed by atoms with Crippen LogP contribution in [0.4, 0.5) is 0 Å². The summed E-state index contributed by atoms with van der Waals surface area (Å²) in [5.74, 6) is 0. The van der Waals surface area contributed by atoms with Crippen LogP contribution in [-0.4, -0.2) is 44.5 Å². The van der Waals surface area contributed by atoms with E-state index in [-0.39, 0.29) is 11.0 Å². The Morgan fingerprint density at radius 3 is 1.26 bits per heavy atom. The molecule has 0 saturated heterocycles. The van der Waals surface area contributed by atoms with Crippen molar-refractivity contribution >= 4 is 74.8 Å². The van der Waals surface area contributed by atoms with Crippen molar-refractivity contribution in [1.82, 2.24) is 16.0 Å². The average Bonchev–Trinajstić information content (AvgIpc) is 2.16. The summed E-state index contributed by atoms with van der Waals surface area (Å²) in [5, 5.41) is 8.90. The van der Waals surface area contributed by atoms with Crippen LogP contribution < -0.4 is 21.7 Å². The van der Waals surface area contributed by atoms with Gasteiger partial charge in [0.2, 0.25) is 0 Å². The van der Waals surface area contributed by atoms with Crippen LogP contribution in [0.2, 0.25) is 0 Å². The number of rotatable bonds is 6. The predicted octanol–water partition coefficient (Wildman–Crippen LogP) is 1.80. The summed E-state index contributed by atoms with van der Waals surface area (Å²) in [4.78, 5) is 0. The van der Waals surface area contributed by atoms with E-state index in [0.717, 1.165) is 19.6 Å². The zero-order valence-electron chi connectivity index (χ0n) is 11.2. The standard InChI is InChI=1S/C5H14N2S.C3H10N2S.4ClH.Sn/c1-3-6-5(8)7-4-2;1-2-5-3(4)6;;;;;/h5-8H,3-4H2,1-2H3;3,5-6H,2,4H2,1H3;4*1H;/q;;;;;;+4/p-6. The molecule has 19 heavy (non-hydrogen) atoms. The van der Waals surface area contributed by atoms with Crippen LogP contribution in [0.25, 0.3) is 0 Å². The molecule has 0 aliphatic heterocycles. The van der Waals surface area contributed by atoms with Crippen molar-refractivity contribution in [2.75, 3.05) is 19.6 Å². The van der Waals surface area contributed by atoms with E-state index in [9.17, 15) is 0 Å². The number of nitrogens with two attached hydrogens (primary N) is 1. The van der Waals surface area contributed by atoms with E-state index in [1.54, 1.807) is 0 Å². The van der Waals surface area contributed by atoms with Crippen LogP contribution in [-0.2, 0) is 25.3 Å². The average molecular weight is 499 g/mol. The van der Waals surface area contributed by atoms with Gasteiger partial charge in [-0.15, -0.1) is 0 Å². The van der Waals surface area contributed by atoms with Gasteiger partial charge in [-0.05, 0) is 19.6 Å². The molecule has 120 valence electrons. The van der Waals surface area contributed by atoms with Crippen molar-refractivity contribution in [1.29, 1.82) is 0 Å².